The fraction of sp³-hybridized carbons (Fsp3) is 0.250. The molecule has 4 rings (SSSR count). The van der Waals surface area contributed by atoms with E-state index in [4.69, 9.17) is 11.6 Å². The molecule has 1 aromatic heterocycles. The van der Waals surface area contributed by atoms with Crippen molar-refractivity contribution in [3.8, 4) is 0 Å². The Balaban J connectivity index is 1.52. The van der Waals surface area contributed by atoms with E-state index in [2.05, 4.69) is 10.2 Å². The number of nitrogens with zero attached hydrogens (tertiary/aromatic N) is 3. The lowest BCUT2D eigenvalue weighted by atomic mass is 10.0. The maximum atomic E-state index is 14.6. The molecule has 0 bridgehead atoms. The highest BCUT2D eigenvalue weighted by molar-refractivity contribution is 6.30. The zero-order chi connectivity index (χ0) is 23.7. The number of amides is 2. The van der Waals surface area contributed by atoms with Crippen LogP contribution in [0.4, 0.5) is 10.1 Å². The van der Waals surface area contributed by atoms with E-state index in [1.807, 2.05) is 0 Å². The fourth-order valence-electron chi connectivity index (χ4n) is 3.80. The molecule has 2 heterocycles. The summed E-state index contributed by atoms with van der Waals surface area (Å²) in [6, 6.07) is 11.2. The van der Waals surface area contributed by atoms with Crippen LogP contribution in [0.3, 0.4) is 0 Å². The van der Waals surface area contributed by atoms with Gasteiger partial charge in [-0.05, 0) is 61.4 Å². The third-order valence-electron chi connectivity index (χ3n) is 5.91. The Morgan fingerprint density at radius 3 is 2.52 bits per heavy atom. The van der Waals surface area contributed by atoms with Crippen LogP contribution in [-0.2, 0) is 11.2 Å². The predicted molar refractivity (Wildman–Crippen MR) is 123 cm³/mol. The summed E-state index contributed by atoms with van der Waals surface area (Å²) >= 11 is 5.91. The highest BCUT2D eigenvalue weighted by Gasteiger charge is 2.30. The second kappa shape index (κ2) is 9.15. The maximum Gasteiger partial charge on any atom is 0.267 e. The molecule has 1 fully saturated rings. The van der Waals surface area contributed by atoms with Crippen molar-refractivity contribution in [3.05, 3.63) is 91.6 Å². The molecule has 0 saturated carbocycles. The number of nitrogens with one attached hydrogen (secondary N) is 1. The largest absolute Gasteiger partial charge is 0.327 e. The number of anilines is 1. The van der Waals surface area contributed by atoms with E-state index >= 15 is 0 Å². The molecular formula is C24H22ClFN4O3. The Morgan fingerprint density at radius 1 is 1.09 bits per heavy atom. The van der Waals surface area contributed by atoms with E-state index in [0.717, 1.165) is 5.56 Å². The minimum atomic E-state index is -0.654. The van der Waals surface area contributed by atoms with E-state index in [9.17, 15) is 18.8 Å². The predicted octanol–water partition coefficient (Wildman–Crippen LogP) is 3.26. The van der Waals surface area contributed by atoms with Gasteiger partial charge in [0, 0.05) is 35.8 Å². The van der Waals surface area contributed by atoms with Gasteiger partial charge < -0.3 is 9.80 Å². The van der Waals surface area contributed by atoms with Crippen molar-refractivity contribution < 1.29 is 14.0 Å². The molecule has 0 spiro atoms. The number of carbonyl (C=O) groups excluding carboxylic acids is 2. The van der Waals surface area contributed by atoms with Crippen molar-refractivity contribution in [1.82, 2.24) is 15.1 Å². The summed E-state index contributed by atoms with van der Waals surface area (Å²) in [5, 5.41) is 7.11. The minimum Gasteiger partial charge on any atom is -0.327 e. The van der Waals surface area contributed by atoms with Crippen LogP contribution in [0.2, 0.25) is 5.02 Å². The lowest BCUT2D eigenvalue weighted by Gasteiger charge is -2.34. The number of aromatic nitrogens is 2. The highest BCUT2D eigenvalue weighted by Crippen LogP contribution is 2.22. The van der Waals surface area contributed by atoms with Gasteiger partial charge in [0.05, 0.1) is 11.3 Å². The lowest BCUT2D eigenvalue weighted by molar-refractivity contribution is -0.120. The molecule has 0 aliphatic carbocycles. The van der Waals surface area contributed by atoms with Crippen molar-refractivity contribution in [2.75, 3.05) is 24.5 Å². The van der Waals surface area contributed by atoms with E-state index in [1.165, 1.54) is 17.0 Å². The molecule has 170 valence electrons. The third kappa shape index (κ3) is 4.66. The molecule has 3 aromatic rings. The van der Waals surface area contributed by atoms with E-state index in [-0.39, 0.29) is 30.1 Å². The third-order valence-corrected chi connectivity index (χ3v) is 6.16. The van der Waals surface area contributed by atoms with Gasteiger partial charge >= 0.3 is 0 Å². The standard InChI is InChI=1S/C24H22ClFN4O3/c1-14-15(2)23(32)28-27-21(14)12-16-3-8-20(26)19(11-16)24(33)29-9-10-30(22(31)13-29)18-6-4-17(25)5-7-18/h3-8,11H,9-10,12-13H2,1-2H3,(H,28,32). The van der Waals surface area contributed by atoms with Gasteiger partial charge in [0.25, 0.3) is 11.5 Å². The van der Waals surface area contributed by atoms with Crippen LogP contribution in [0.1, 0.15) is 32.7 Å². The Bertz CT molecular complexity index is 1290. The summed E-state index contributed by atoms with van der Waals surface area (Å²) < 4.78 is 14.6. The molecule has 1 saturated heterocycles. The summed E-state index contributed by atoms with van der Waals surface area (Å²) in [6.07, 6.45) is 0.327. The van der Waals surface area contributed by atoms with Crippen LogP contribution >= 0.6 is 11.6 Å². The minimum absolute atomic E-state index is 0.0981. The SMILES string of the molecule is Cc1c(Cc2ccc(F)c(C(=O)N3CCN(c4ccc(Cl)cc4)C(=O)C3)c2)n[nH]c(=O)c1C. The molecule has 0 radical (unpaired) electrons. The number of hydrogen-bond donors (Lipinski definition) is 1. The highest BCUT2D eigenvalue weighted by atomic mass is 35.5. The van der Waals surface area contributed by atoms with Crippen LogP contribution in [0.25, 0.3) is 0 Å². The van der Waals surface area contributed by atoms with E-state index in [0.29, 0.717) is 40.5 Å². The molecule has 1 aliphatic heterocycles. The molecule has 1 N–H and O–H groups in total. The summed E-state index contributed by atoms with van der Waals surface area (Å²) in [7, 11) is 0. The van der Waals surface area contributed by atoms with E-state index in [1.54, 1.807) is 49.1 Å². The van der Waals surface area contributed by atoms with Crippen molar-refractivity contribution >= 4 is 29.1 Å². The number of halogens is 2. The van der Waals surface area contributed by atoms with Crippen LogP contribution < -0.4 is 10.5 Å². The van der Waals surface area contributed by atoms with E-state index < -0.39 is 11.7 Å². The average Bonchev–Trinajstić information content (AvgIpc) is 2.81. The first-order chi connectivity index (χ1) is 15.7. The first-order valence-electron chi connectivity index (χ1n) is 10.4. The summed E-state index contributed by atoms with van der Waals surface area (Å²) in [5.41, 5.74) is 2.98. The van der Waals surface area contributed by atoms with Crippen molar-refractivity contribution in [2.45, 2.75) is 20.3 Å². The van der Waals surface area contributed by atoms with Gasteiger partial charge in [0.1, 0.15) is 12.4 Å². The molecule has 0 unspecified atom stereocenters. The van der Waals surface area contributed by atoms with Crippen LogP contribution in [-0.4, -0.2) is 46.5 Å². The zero-order valence-electron chi connectivity index (χ0n) is 18.2. The number of benzene rings is 2. The quantitative estimate of drug-likeness (QED) is 0.636. The monoisotopic (exact) mass is 468 g/mol. The van der Waals surface area contributed by atoms with Gasteiger partial charge in [-0.1, -0.05) is 17.7 Å². The first-order valence-corrected chi connectivity index (χ1v) is 10.8. The molecule has 7 nitrogen and oxygen atoms in total. The Morgan fingerprint density at radius 2 is 1.82 bits per heavy atom. The van der Waals surface area contributed by atoms with Gasteiger partial charge in [-0.2, -0.15) is 5.10 Å². The fourth-order valence-corrected chi connectivity index (χ4v) is 3.92. The van der Waals surface area contributed by atoms with Gasteiger partial charge in [-0.3, -0.25) is 14.4 Å². The number of H-pyrrole nitrogens is 1. The number of piperazine rings is 1. The summed E-state index contributed by atoms with van der Waals surface area (Å²) in [4.78, 5) is 40.4. The molecule has 2 amide bonds. The summed E-state index contributed by atoms with van der Waals surface area (Å²) in [5.74, 6) is -1.45. The van der Waals surface area contributed by atoms with Crippen molar-refractivity contribution in [2.24, 2.45) is 0 Å². The Labute approximate surface area is 194 Å². The number of carbonyl (C=O) groups is 2. The first kappa shape index (κ1) is 22.7. The summed E-state index contributed by atoms with van der Waals surface area (Å²) in [6.45, 7) is 3.93. The van der Waals surface area contributed by atoms with Gasteiger partial charge in [0.2, 0.25) is 5.91 Å². The smallest absolute Gasteiger partial charge is 0.267 e. The topological polar surface area (TPSA) is 86.4 Å². The Kier molecular flexibility index (Phi) is 6.29. The number of hydrogen-bond acceptors (Lipinski definition) is 4. The van der Waals surface area contributed by atoms with Crippen molar-refractivity contribution in [1.29, 1.82) is 0 Å². The molecule has 0 atom stereocenters. The Hall–Kier alpha value is -3.52. The zero-order valence-corrected chi connectivity index (χ0v) is 18.9. The number of rotatable bonds is 4. The molecule has 9 heteroatoms. The molecule has 2 aromatic carbocycles. The molecular weight excluding hydrogens is 447 g/mol. The van der Waals surface area contributed by atoms with Gasteiger partial charge in [0.15, 0.2) is 0 Å². The van der Waals surface area contributed by atoms with Crippen LogP contribution in [0, 0.1) is 19.7 Å². The second-order valence-electron chi connectivity index (χ2n) is 7.99. The number of aromatic amines is 1. The molecule has 33 heavy (non-hydrogen) atoms. The maximum absolute atomic E-state index is 14.6. The van der Waals surface area contributed by atoms with Crippen LogP contribution in [0.5, 0.6) is 0 Å². The van der Waals surface area contributed by atoms with Gasteiger partial charge in [-0.15, -0.1) is 0 Å². The van der Waals surface area contributed by atoms with Gasteiger partial charge in [-0.25, -0.2) is 9.49 Å². The van der Waals surface area contributed by atoms with Crippen LogP contribution in [0.15, 0.2) is 47.3 Å². The lowest BCUT2D eigenvalue weighted by Crippen LogP contribution is -2.52. The second-order valence-corrected chi connectivity index (χ2v) is 8.43. The van der Waals surface area contributed by atoms with Crippen molar-refractivity contribution in [3.63, 3.8) is 0 Å². The molecule has 1 aliphatic rings. The average molecular weight is 469 g/mol. The normalized spacial score (nSPS) is 14.0.